The lowest BCUT2D eigenvalue weighted by Gasteiger charge is -2.23. The molecule has 1 N–H and O–H groups in total. The molecule has 134 valence electrons. The normalized spacial score (nSPS) is 17.0. The van der Waals surface area contributed by atoms with Gasteiger partial charge in [-0.05, 0) is 43.3 Å². The molecule has 0 saturated carbocycles. The number of para-hydroxylation sites is 1. The average Bonchev–Trinajstić information content (AvgIpc) is 2.62. The molecule has 0 fully saturated rings. The van der Waals surface area contributed by atoms with Crippen LogP contribution in [0, 0.1) is 0 Å². The molecule has 2 atom stereocenters. The van der Waals surface area contributed by atoms with Gasteiger partial charge in [0.1, 0.15) is 0 Å². The van der Waals surface area contributed by atoms with Gasteiger partial charge in [0.05, 0.1) is 17.4 Å². The van der Waals surface area contributed by atoms with Gasteiger partial charge in [-0.1, -0.05) is 23.7 Å². The van der Waals surface area contributed by atoms with Crippen LogP contribution in [-0.2, 0) is 14.3 Å². The largest absolute Gasteiger partial charge is 0.454 e. The molecule has 0 spiro atoms. The average molecular weight is 390 g/mol. The van der Waals surface area contributed by atoms with Crippen LogP contribution in [0.5, 0.6) is 0 Å². The SMILES string of the molecule is C[C@H](OC(=O)C[C@H]1Sc2ccccc2NC1=O)C(=O)c1ccc(Cl)cc1. The molecular weight excluding hydrogens is 374 g/mol. The Morgan fingerprint density at radius 2 is 1.88 bits per heavy atom. The third-order valence-corrected chi connectivity index (χ3v) is 5.39. The topological polar surface area (TPSA) is 72.5 Å². The number of fused-ring (bicyclic) bond motifs is 1. The second kappa shape index (κ2) is 7.93. The van der Waals surface area contributed by atoms with E-state index < -0.39 is 17.3 Å². The highest BCUT2D eigenvalue weighted by molar-refractivity contribution is 8.01. The molecule has 1 aliphatic heterocycles. The number of ketones is 1. The van der Waals surface area contributed by atoms with Gasteiger partial charge in [-0.15, -0.1) is 11.8 Å². The Balaban J connectivity index is 1.59. The van der Waals surface area contributed by atoms with Crippen molar-refractivity contribution in [2.24, 2.45) is 0 Å². The Labute approximate surface area is 160 Å². The minimum atomic E-state index is -0.937. The fourth-order valence-corrected chi connectivity index (χ4v) is 3.75. The summed E-state index contributed by atoms with van der Waals surface area (Å²) < 4.78 is 5.22. The fourth-order valence-electron chi connectivity index (χ4n) is 2.53. The van der Waals surface area contributed by atoms with Crippen molar-refractivity contribution in [2.45, 2.75) is 29.6 Å². The van der Waals surface area contributed by atoms with Crippen molar-refractivity contribution in [3.05, 3.63) is 59.1 Å². The highest BCUT2D eigenvalue weighted by atomic mass is 35.5. The van der Waals surface area contributed by atoms with E-state index in [0.29, 0.717) is 10.6 Å². The molecule has 0 aliphatic carbocycles. The predicted molar refractivity (Wildman–Crippen MR) is 101 cm³/mol. The van der Waals surface area contributed by atoms with Gasteiger partial charge >= 0.3 is 5.97 Å². The molecule has 7 heteroatoms. The lowest BCUT2D eigenvalue weighted by atomic mass is 10.1. The Kier molecular flexibility index (Phi) is 5.64. The summed E-state index contributed by atoms with van der Waals surface area (Å²) in [5, 5.41) is 2.71. The Bertz CT molecular complexity index is 853. The second-order valence-electron chi connectivity index (χ2n) is 5.80. The number of hydrogen-bond acceptors (Lipinski definition) is 5. The van der Waals surface area contributed by atoms with Crippen LogP contribution in [0.25, 0.3) is 0 Å². The van der Waals surface area contributed by atoms with Crippen molar-refractivity contribution in [1.29, 1.82) is 0 Å². The summed E-state index contributed by atoms with van der Waals surface area (Å²) in [6.07, 6.45) is -1.05. The molecule has 3 rings (SSSR count). The summed E-state index contributed by atoms with van der Waals surface area (Å²) in [4.78, 5) is 37.5. The maximum Gasteiger partial charge on any atom is 0.308 e. The van der Waals surface area contributed by atoms with Crippen LogP contribution in [0.4, 0.5) is 5.69 Å². The molecule has 2 aromatic rings. The standard InChI is InChI=1S/C19H16ClNO4S/c1-11(18(23)12-6-8-13(20)9-7-12)25-17(22)10-16-19(24)21-14-4-2-3-5-15(14)26-16/h2-9,11,16H,10H2,1H3,(H,21,24)/t11-,16+/m0/s1. The van der Waals surface area contributed by atoms with Crippen molar-refractivity contribution < 1.29 is 19.1 Å². The first kappa shape index (κ1) is 18.5. The molecule has 2 aromatic carbocycles. The van der Waals surface area contributed by atoms with Crippen LogP contribution in [0.1, 0.15) is 23.7 Å². The number of carbonyl (C=O) groups excluding carboxylic acids is 3. The zero-order valence-electron chi connectivity index (χ0n) is 13.9. The molecule has 5 nitrogen and oxygen atoms in total. The van der Waals surface area contributed by atoms with E-state index in [1.807, 2.05) is 24.3 Å². The molecule has 0 aromatic heterocycles. The van der Waals surface area contributed by atoms with Crippen LogP contribution in [0.15, 0.2) is 53.4 Å². The maximum atomic E-state index is 12.3. The van der Waals surface area contributed by atoms with Gasteiger partial charge in [-0.25, -0.2) is 0 Å². The summed E-state index contributed by atoms with van der Waals surface area (Å²) in [5.41, 5.74) is 1.15. The number of carbonyl (C=O) groups is 3. The molecule has 0 radical (unpaired) electrons. The van der Waals surface area contributed by atoms with Crippen molar-refractivity contribution in [2.75, 3.05) is 5.32 Å². The van der Waals surface area contributed by atoms with Crippen LogP contribution in [0.3, 0.4) is 0 Å². The summed E-state index contributed by atoms with van der Waals surface area (Å²) in [5.74, 6) is -1.16. The number of anilines is 1. The van der Waals surface area contributed by atoms with Crippen LogP contribution in [-0.4, -0.2) is 29.0 Å². The smallest absolute Gasteiger partial charge is 0.308 e. The quantitative estimate of drug-likeness (QED) is 0.619. The lowest BCUT2D eigenvalue weighted by molar-refractivity contribution is -0.147. The van der Waals surface area contributed by atoms with Crippen molar-refractivity contribution in [1.82, 2.24) is 0 Å². The van der Waals surface area contributed by atoms with Gasteiger partial charge in [0.25, 0.3) is 0 Å². The first-order chi connectivity index (χ1) is 12.4. The molecule has 26 heavy (non-hydrogen) atoms. The van der Waals surface area contributed by atoms with Gasteiger partial charge in [0.15, 0.2) is 6.10 Å². The van der Waals surface area contributed by atoms with E-state index in [1.165, 1.54) is 18.7 Å². The summed E-state index contributed by atoms with van der Waals surface area (Å²) in [6.45, 7) is 1.51. The van der Waals surface area contributed by atoms with Gasteiger partial charge < -0.3 is 10.1 Å². The number of ether oxygens (including phenoxy) is 1. The van der Waals surface area contributed by atoms with E-state index >= 15 is 0 Å². The number of halogens is 1. The zero-order valence-corrected chi connectivity index (χ0v) is 15.5. The summed E-state index contributed by atoms with van der Waals surface area (Å²) in [7, 11) is 0. The van der Waals surface area contributed by atoms with Crippen LogP contribution < -0.4 is 5.32 Å². The van der Waals surface area contributed by atoms with Crippen molar-refractivity contribution >= 4 is 46.7 Å². The third-order valence-electron chi connectivity index (χ3n) is 3.86. The molecule has 1 amide bonds. The molecule has 0 saturated heterocycles. The predicted octanol–water partition coefficient (Wildman–Crippen LogP) is 3.96. The maximum absolute atomic E-state index is 12.3. The number of hydrogen-bond donors (Lipinski definition) is 1. The van der Waals surface area contributed by atoms with E-state index in [4.69, 9.17) is 16.3 Å². The van der Waals surface area contributed by atoms with Crippen molar-refractivity contribution in [3.63, 3.8) is 0 Å². The highest BCUT2D eigenvalue weighted by Crippen LogP contribution is 2.36. The first-order valence-corrected chi connectivity index (χ1v) is 9.25. The summed E-state index contributed by atoms with van der Waals surface area (Å²) in [6, 6.07) is 13.7. The minimum Gasteiger partial charge on any atom is -0.454 e. The molecule has 0 unspecified atom stereocenters. The van der Waals surface area contributed by atoms with E-state index in [1.54, 1.807) is 24.3 Å². The van der Waals surface area contributed by atoms with Crippen molar-refractivity contribution in [3.8, 4) is 0 Å². The number of nitrogens with one attached hydrogen (secondary N) is 1. The molecule has 0 bridgehead atoms. The number of thioether (sulfide) groups is 1. The van der Waals surface area contributed by atoms with Gasteiger partial charge in [0.2, 0.25) is 11.7 Å². The Morgan fingerprint density at radius 1 is 1.19 bits per heavy atom. The Morgan fingerprint density at radius 3 is 2.62 bits per heavy atom. The molecule has 1 aliphatic rings. The minimum absolute atomic E-state index is 0.108. The van der Waals surface area contributed by atoms with E-state index in [-0.39, 0.29) is 18.1 Å². The van der Waals surface area contributed by atoms with E-state index in [0.717, 1.165) is 10.6 Å². The fraction of sp³-hybridized carbons (Fsp3) is 0.211. The molecular formula is C19H16ClNO4S. The van der Waals surface area contributed by atoms with Gasteiger partial charge in [-0.2, -0.15) is 0 Å². The van der Waals surface area contributed by atoms with Gasteiger partial charge in [0, 0.05) is 15.5 Å². The van der Waals surface area contributed by atoms with Crippen LogP contribution in [0.2, 0.25) is 5.02 Å². The molecule has 1 heterocycles. The number of Topliss-reactive ketones (excluding diaryl/α,β-unsaturated/α-hetero) is 1. The zero-order chi connectivity index (χ0) is 18.7. The van der Waals surface area contributed by atoms with Crippen LogP contribution >= 0.6 is 23.4 Å². The van der Waals surface area contributed by atoms with E-state index in [2.05, 4.69) is 5.32 Å². The number of rotatable bonds is 5. The highest BCUT2D eigenvalue weighted by Gasteiger charge is 2.30. The van der Waals surface area contributed by atoms with E-state index in [9.17, 15) is 14.4 Å². The number of benzene rings is 2. The van der Waals surface area contributed by atoms with Gasteiger partial charge in [-0.3, -0.25) is 14.4 Å². The lowest BCUT2D eigenvalue weighted by Crippen LogP contribution is -2.33. The second-order valence-corrected chi connectivity index (χ2v) is 7.48. The Hall–Kier alpha value is -2.31. The third kappa shape index (κ3) is 4.26. The first-order valence-electron chi connectivity index (χ1n) is 8.00. The monoisotopic (exact) mass is 389 g/mol. The number of amides is 1. The summed E-state index contributed by atoms with van der Waals surface area (Å²) >= 11 is 7.12. The number of esters is 1.